The third kappa shape index (κ3) is 0.883. The molecule has 0 unspecified atom stereocenters. The third-order valence-corrected chi connectivity index (χ3v) is 1.49. The standard InChI is InChI=1S/C7H9N3/c1-3-10-6(2)9-5-7(10)4-8/h5H,3H2,1-2H3. The summed E-state index contributed by atoms with van der Waals surface area (Å²) in [7, 11) is 0. The van der Waals surface area contributed by atoms with Crippen molar-refractivity contribution >= 4 is 0 Å². The van der Waals surface area contributed by atoms with Crippen LogP contribution in [-0.4, -0.2) is 9.55 Å². The molecular formula is C7H9N3. The van der Waals surface area contributed by atoms with Gasteiger partial charge >= 0.3 is 0 Å². The monoisotopic (exact) mass is 135 g/mol. The molecule has 1 heterocycles. The number of aryl methyl sites for hydroxylation is 1. The third-order valence-electron chi connectivity index (χ3n) is 1.49. The Bertz CT molecular complexity index is 267. The molecule has 10 heavy (non-hydrogen) atoms. The summed E-state index contributed by atoms with van der Waals surface area (Å²) in [5.41, 5.74) is 0.639. The summed E-state index contributed by atoms with van der Waals surface area (Å²) in [5, 5.41) is 8.55. The minimum absolute atomic E-state index is 0.639. The molecule has 0 aliphatic carbocycles. The maximum Gasteiger partial charge on any atom is 0.140 e. The van der Waals surface area contributed by atoms with Crippen molar-refractivity contribution in [2.75, 3.05) is 0 Å². The van der Waals surface area contributed by atoms with E-state index in [1.54, 1.807) is 6.20 Å². The summed E-state index contributed by atoms with van der Waals surface area (Å²) in [4.78, 5) is 4.00. The highest BCUT2D eigenvalue weighted by Gasteiger charge is 2.01. The first-order valence-electron chi connectivity index (χ1n) is 3.21. The second kappa shape index (κ2) is 2.53. The fourth-order valence-corrected chi connectivity index (χ4v) is 0.957. The summed E-state index contributed by atoms with van der Waals surface area (Å²) in [5.74, 6) is 0.902. The van der Waals surface area contributed by atoms with Gasteiger partial charge in [-0.2, -0.15) is 5.26 Å². The lowest BCUT2D eigenvalue weighted by Gasteiger charge is -1.98. The molecule has 0 saturated carbocycles. The number of hydrogen-bond donors (Lipinski definition) is 0. The second-order valence-electron chi connectivity index (χ2n) is 2.05. The van der Waals surface area contributed by atoms with E-state index >= 15 is 0 Å². The van der Waals surface area contributed by atoms with E-state index in [1.807, 2.05) is 18.4 Å². The van der Waals surface area contributed by atoms with E-state index in [0.717, 1.165) is 12.4 Å². The molecule has 0 saturated heterocycles. The van der Waals surface area contributed by atoms with E-state index in [1.165, 1.54) is 0 Å². The summed E-state index contributed by atoms with van der Waals surface area (Å²) in [6.45, 7) is 4.70. The molecular weight excluding hydrogens is 126 g/mol. The Morgan fingerprint density at radius 3 is 2.90 bits per heavy atom. The lowest BCUT2D eigenvalue weighted by Crippen LogP contribution is -1.99. The zero-order valence-electron chi connectivity index (χ0n) is 6.13. The van der Waals surface area contributed by atoms with Crippen molar-refractivity contribution in [1.82, 2.24) is 9.55 Å². The molecule has 0 radical (unpaired) electrons. The number of nitrogens with zero attached hydrogens (tertiary/aromatic N) is 3. The predicted octanol–water partition coefficient (Wildman–Crippen LogP) is 1.08. The van der Waals surface area contributed by atoms with Gasteiger partial charge in [0.15, 0.2) is 0 Å². The van der Waals surface area contributed by atoms with E-state index < -0.39 is 0 Å². The van der Waals surface area contributed by atoms with Crippen LogP contribution in [0, 0.1) is 18.3 Å². The Hall–Kier alpha value is -1.30. The van der Waals surface area contributed by atoms with Gasteiger partial charge in [0, 0.05) is 6.54 Å². The quantitative estimate of drug-likeness (QED) is 0.578. The molecule has 3 nitrogen and oxygen atoms in total. The van der Waals surface area contributed by atoms with Crippen LogP contribution in [0.5, 0.6) is 0 Å². The first kappa shape index (κ1) is 6.81. The molecule has 0 N–H and O–H groups in total. The zero-order valence-corrected chi connectivity index (χ0v) is 6.13. The van der Waals surface area contributed by atoms with Crippen molar-refractivity contribution in [3.05, 3.63) is 17.7 Å². The Morgan fingerprint density at radius 2 is 2.50 bits per heavy atom. The Morgan fingerprint density at radius 1 is 1.80 bits per heavy atom. The minimum atomic E-state index is 0.639. The van der Waals surface area contributed by atoms with E-state index in [2.05, 4.69) is 11.1 Å². The smallest absolute Gasteiger partial charge is 0.140 e. The summed E-state index contributed by atoms with van der Waals surface area (Å²) in [6, 6.07) is 2.07. The Kier molecular flexibility index (Phi) is 1.72. The molecule has 0 aliphatic rings. The van der Waals surface area contributed by atoms with Crippen molar-refractivity contribution in [3.63, 3.8) is 0 Å². The summed E-state index contributed by atoms with van der Waals surface area (Å²) < 4.78 is 1.88. The van der Waals surface area contributed by atoms with Gasteiger partial charge in [-0.25, -0.2) is 4.98 Å². The van der Waals surface area contributed by atoms with Crippen LogP contribution < -0.4 is 0 Å². The zero-order chi connectivity index (χ0) is 7.56. The van der Waals surface area contributed by atoms with Gasteiger partial charge in [0.1, 0.15) is 17.6 Å². The first-order chi connectivity index (χ1) is 4.79. The van der Waals surface area contributed by atoms with Gasteiger partial charge in [0.2, 0.25) is 0 Å². The van der Waals surface area contributed by atoms with E-state index in [0.29, 0.717) is 5.69 Å². The predicted molar refractivity (Wildman–Crippen MR) is 37.4 cm³/mol. The highest BCUT2D eigenvalue weighted by atomic mass is 15.1. The molecule has 0 bridgehead atoms. The van der Waals surface area contributed by atoms with Crippen LogP contribution >= 0.6 is 0 Å². The summed E-state index contributed by atoms with van der Waals surface area (Å²) >= 11 is 0. The average Bonchev–Trinajstić information content (AvgIpc) is 2.30. The van der Waals surface area contributed by atoms with Gasteiger partial charge < -0.3 is 4.57 Å². The van der Waals surface area contributed by atoms with Crippen LogP contribution in [-0.2, 0) is 6.54 Å². The van der Waals surface area contributed by atoms with Crippen molar-refractivity contribution in [1.29, 1.82) is 5.26 Å². The second-order valence-corrected chi connectivity index (χ2v) is 2.05. The van der Waals surface area contributed by atoms with Crippen LogP contribution in [0.15, 0.2) is 6.20 Å². The van der Waals surface area contributed by atoms with E-state index in [-0.39, 0.29) is 0 Å². The number of rotatable bonds is 1. The maximum atomic E-state index is 8.55. The normalized spacial score (nSPS) is 9.30. The molecule has 0 fully saturated rings. The molecule has 1 rings (SSSR count). The highest BCUT2D eigenvalue weighted by molar-refractivity contribution is 5.19. The van der Waals surface area contributed by atoms with Crippen LogP contribution in [0.1, 0.15) is 18.4 Å². The highest BCUT2D eigenvalue weighted by Crippen LogP contribution is 2.01. The molecule has 52 valence electrons. The molecule has 1 aromatic heterocycles. The van der Waals surface area contributed by atoms with Crippen LogP contribution in [0.3, 0.4) is 0 Å². The SMILES string of the molecule is CCn1c(C#N)cnc1C. The fourth-order valence-electron chi connectivity index (χ4n) is 0.957. The first-order valence-corrected chi connectivity index (χ1v) is 3.21. The molecule has 0 atom stereocenters. The van der Waals surface area contributed by atoms with Crippen LogP contribution in [0.25, 0.3) is 0 Å². The molecule has 0 spiro atoms. The van der Waals surface area contributed by atoms with Gasteiger partial charge in [-0.05, 0) is 13.8 Å². The van der Waals surface area contributed by atoms with Crippen LogP contribution in [0.4, 0.5) is 0 Å². The van der Waals surface area contributed by atoms with Crippen molar-refractivity contribution in [2.45, 2.75) is 20.4 Å². The lowest BCUT2D eigenvalue weighted by atomic mass is 10.5. The van der Waals surface area contributed by atoms with E-state index in [9.17, 15) is 0 Å². The van der Waals surface area contributed by atoms with Gasteiger partial charge in [-0.1, -0.05) is 0 Å². The number of hydrogen-bond acceptors (Lipinski definition) is 2. The Balaban J connectivity index is 3.16. The van der Waals surface area contributed by atoms with Gasteiger partial charge in [0.05, 0.1) is 6.20 Å². The largest absolute Gasteiger partial charge is 0.320 e. The Labute approximate surface area is 59.9 Å². The molecule has 0 amide bonds. The number of imidazole rings is 1. The average molecular weight is 135 g/mol. The topological polar surface area (TPSA) is 41.6 Å². The fraction of sp³-hybridized carbons (Fsp3) is 0.429. The van der Waals surface area contributed by atoms with Crippen molar-refractivity contribution in [3.8, 4) is 6.07 Å². The number of nitriles is 1. The lowest BCUT2D eigenvalue weighted by molar-refractivity contribution is 0.721. The van der Waals surface area contributed by atoms with Crippen molar-refractivity contribution < 1.29 is 0 Å². The van der Waals surface area contributed by atoms with Crippen molar-refractivity contribution in [2.24, 2.45) is 0 Å². The van der Waals surface area contributed by atoms with Gasteiger partial charge in [-0.15, -0.1) is 0 Å². The number of aromatic nitrogens is 2. The van der Waals surface area contributed by atoms with Crippen LogP contribution in [0.2, 0.25) is 0 Å². The minimum Gasteiger partial charge on any atom is -0.320 e. The summed E-state index contributed by atoms with van der Waals surface area (Å²) in [6.07, 6.45) is 1.60. The molecule has 0 aliphatic heterocycles. The van der Waals surface area contributed by atoms with Gasteiger partial charge in [-0.3, -0.25) is 0 Å². The molecule has 1 aromatic rings. The van der Waals surface area contributed by atoms with E-state index in [4.69, 9.17) is 5.26 Å². The molecule has 0 aromatic carbocycles. The van der Waals surface area contributed by atoms with Gasteiger partial charge in [0.25, 0.3) is 0 Å². The maximum absolute atomic E-state index is 8.55. The molecule has 3 heteroatoms.